The Balaban J connectivity index is 1.72. The molecule has 2 heterocycles. The third kappa shape index (κ3) is 3.59. The summed E-state index contributed by atoms with van der Waals surface area (Å²) in [7, 11) is 0. The van der Waals surface area contributed by atoms with E-state index in [0.29, 0.717) is 12.1 Å². The molecular weight excluding hydrogens is 348 g/mol. The van der Waals surface area contributed by atoms with Crippen LogP contribution in [0.4, 0.5) is 0 Å². The average Bonchev–Trinajstić information content (AvgIpc) is 2.73. The van der Waals surface area contributed by atoms with Gasteiger partial charge >= 0.3 is 5.63 Å². The van der Waals surface area contributed by atoms with Crippen LogP contribution in [0.3, 0.4) is 0 Å². The Morgan fingerprint density at radius 1 is 1.00 bits per heavy atom. The van der Waals surface area contributed by atoms with Gasteiger partial charge in [-0.15, -0.1) is 0 Å². The summed E-state index contributed by atoms with van der Waals surface area (Å²) in [5, 5.41) is 4.54. The fourth-order valence-electron chi connectivity index (χ4n) is 3.47. The highest BCUT2D eigenvalue weighted by atomic mass is 16.4. The predicted octanol–water partition coefficient (Wildman–Crippen LogP) is 4.68. The molecule has 0 saturated carbocycles. The van der Waals surface area contributed by atoms with Crippen LogP contribution in [0, 0.1) is 13.8 Å². The second-order valence-electron chi connectivity index (χ2n) is 6.95. The number of fused-ring (bicyclic) bond motifs is 1. The number of pyridine rings is 1. The van der Waals surface area contributed by atoms with E-state index in [-0.39, 0.29) is 11.7 Å². The summed E-state index contributed by atoms with van der Waals surface area (Å²) >= 11 is 0. The standard InChI is InChI=1S/C24H22N2O2/c1-16-11-12-20-19(14-22(27)28-24(20)17(16)2)15-26-23(18-8-4-3-5-9-18)21-10-6-7-13-25-21/h3-14,23,26H,15H2,1-2H3. The topological polar surface area (TPSA) is 55.1 Å². The van der Waals surface area contributed by atoms with Crippen molar-refractivity contribution in [2.75, 3.05) is 0 Å². The second-order valence-corrected chi connectivity index (χ2v) is 6.95. The highest BCUT2D eigenvalue weighted by molar-refractivity contribution is 5.83. The van der Waals surface area contributed by atoms with E-state index in [9.17, 15) is 4.79 Å². The number of aryl methyl sites for hydroxylation is 2. The van der Waals surface area contributed by atoms with Gasteiger partial charge in [-0.2, -0.15) is 0 Å². The Hall–Kier alpha value is -3.24. The molecule has 2 aromatic heterocycles. The molecule has 0 radical (unpaired) electrons. The first kappa shape index (κ1) is 18.1. The molecule has 1 N–H and O–H groups in total. The summed E-state index contributed by atoms with van der Waals surface area (Å²) in [5.41, 5.74) is 5.43. The van der Waals surface area contributed by atoms with Gasteiger partial charge in [-0.3, -0.25) is 4.98 Å². The molecule has 0 fully saturated rings. The normalized spacial score (nSPS) is 12.2. The summed E-state index contributed by atoms with van der Waals surface area (Å²) in [6.07, 6.45) is 1.80. The van der Waals surface area contributed by atoms with Crippen molar-refractivity contribution < 1.29 is 4.42 Å². The van der Waals surface area contributed by atoms with Gasteiger partial charge in [0.1, 0.15) is 5.58 Å². The number of nitrogens with one attached hydrogen (secondary N) is 1. The molecular formula is C24H22N2O2. The van der Waals surface area contributed by atoms with Crippen LogP contribution < -0.4 is 10.9 Å². The van der Waals surface area contributed by atoms with Crippen LogP contribution in [0.1, 0.15) is 34.0 Å². The van der Waals surface area contributed by atoms with Gasteiger partial charge in [0.2, 0.25) is 0 Å². The Labute approximate surface area is 163 Å². The first-order valence-corrected chi connectivity index (χ1v) is 9.35. The van der Waals surface area contributed by atoms with Gasteiger partial charge in [-0.1, -0.05) is 48.5 Å². The lowest BCUT2D eigenvalue weighted by Crippen LogP contribution is -2.23. The minimum atomic E-state index is -0.327. The minimum Gasteiger partial charge on any atom is -0.422 e. The van der Waals surface area contributed by atoms with E-state index in [1.54, 1.807) is 12.3 Å². The van der Waals surface area contributed by atoms with Gasteiger partial charge in [-0.25, -0.2) is 4.79 Å². The van der Waals surface area contributed by atoms with Crippen molar-refractivity contribution in [1.29, 1.82) is 0 Å². The summed E-state index contributed by atoms with van der Waals surface area (Å²) < 4.78 is 5.49. The molecule has 0 amide bonds. The van der Waals surface area contributed by atoms with E-state index in [1.807, 2.05) is 56.3 Å². The van der Waals surface area contributed by atoms with Crippen LogP contribution in [0.25, 0.3) is 11.0 Å². The summed E-state index contributed by atoms with van der Waals surface area (Å²) in [5.74, 6) is 0. The zero-order valence-corrected chi connectivity index (χ0v) is 16.0. The molecule has 4 rings (SSSR count). The average molecular weight is 370 g/mol. The third-order valence-corrected chi connectivity index (χ3v) is 5.13. The number of rotatable bonds is 5. The molecule has 4 nitrogen and oxygen atoms in total. The van der Waals surface area contributed by atoms with Crippen LogP contribution in [0.15, 0.2) is 82.1 Å². The van der Waals surface area contributed by atoms with Crippen molar-refractivity contribution in [3.8, 4) is 0 Å². The lowest BCUT2D eigenvalue weighted by molar-refractivity contribution is 0.549. The van der Waals surface area contributed by atoms with Crippen LogP contribution in [-0.4, -0.2) is 4.98 Å². The Morgan fingerprint density at radius 2 is 1.79 bits per heavy atom. The van der Waals surface area contributed by atoms with E-state index in [1.165, 1.54) is 0 Å². The number of benzene rings is 2. The minimum absolute atomic E-state index is 0.0729. The van der Waals surface area contributed by atoms with E-state index in [2.05, 4.69) is 28.5 Å². The van der Waals surface area contributed by atoms with Crippen molar-refractivity contribution in [3.05, 3.63) is 111 Å². The zero-order valence-electron chi connectivity index (χ0n) is 16.0. The van der Waals surface area contributed by atoms with Gasteiger partial charge in [0.05, 0.1) is 11.7 Å². The van der Waals surface area contributed by atoms with Gasteiger partial charge < -0.3 is 9.73 Å². The highest BCUT2D eigenvalue weighted by Crippen LogP contribution is 2.25. The number of aromatic nitrogens is 1. The zero-order chi connectivity index (χ0) is 19.5. The van der Waals surface area contributed by atoms with Crippen molar-refractivity contribution in [3.63, 3.8) is 0 Å². The van der Waals surface area contributed by atoms with Crippen molar-refractivity contribution in [2.45, 2.75) is 26.4 Å². The molecule has 2 aromatic carbocycles. The molecule has 4 heteroatoms. The fraction of sp³-hybridized carbons (Fsp3) is 0.167. The second kappa shape index (κ2) is 7.79. The number of hydrogen-bond donors (Lipinski definition) is 1. The van der Waals surface area contributed by atoms with Gasteiger partial charge in [0.25, 0.3) is 0 Å². The maximum absolute atomic E-state index is 12.1. The first-order chi connectivity index (χ1) is 13.6. The molecule has 0 bridgehead atoms. The van der Waals surface area contributed by atoms with Crippen molar-refractivity contribution in [1.82, 2.24) is 10.3 Å². The molecule has 1 atom stereocenters. The largest absolute Gasteiger partial charge is 0.422 e. The predicted molar refractivity (Wildman–Crippen MR) is 111 cm³/mol. The lowest BCUT2D eigenvalue weighted by atomic mass is 10.0. The van der Waals surface area contributed by atoms with Gasteiger partial charge in [-0.05, 0) is 48.2 Å². The Bertz CT molecular complexity index is 1110. The van der Waals surface area contributed by atoms with E-state index < -0.39 is 0 Å². The van der Waals surface area contributed by atoms with Crippen LogP contribution in [-0.2, 0) is 6.54 Å². The maximum atomic E-state index is 12.1. The van der Waals surface area contributed by atoms with Crippen molar-refractivity contribution >= 4 is 11.0 Å². The molecule has 0 aliphatic rings. The number of nitrogens with zero attached hydrogens (tertiary/aromatic N) is 1. The molecule has 0 spiro atoms. The monoisotopic (exact) mass is 370 g/mol. The van der Waals surface area contributed by atoms with Crippen LogP contribution in [0.2, 0.25) is 0 Å². The van der Waals surface area contributed by atoms with E-state index >= 15 is 0 Å². The first-order valence-electron chi connectivity index (χ1n) is 9.35. The van der Waals surface area contributed by atoms with Crippen LogP contribution in [0.5, 0.6) is 0 Å². The summed E-state index contributed by atoms with van der Waals surface area (Å²) in [6, 6.07) is 21.7. The molecule has 28 heavy (non-hydrogen) atoms. The fourth-order valence-corrected chi connectivity index (χ4v) is 3.47. The lowest BCUT2D eigenvalue weighted by Gasteiger charge is -2.19. The molecule has 1 unspecified atom stereocenters. The smallest absolute Gasteiger partial charge is 0.336 e. The van der Waals surface area contributed by atoms with Crippen LogP contribution >= 0.6 is 0 Å². The molecule has 140 valence electrons. The summed E-state index contributed by atoms with van der Waals surface area (Å²) in [6.45, 7) is 4.53. The van der Waals surface area contributed by atoms with Gasteiger partial charge in [0, 0.05) is 24.2 Å². The summed E-state index contributed by atoms with van der Waals surface area (Å²) in [4.78, 5) is 16.7. The van der Waals surface area contributed by atoms with Gasteiger partial charge in [0.15, 0.2) is 0 Å². The quantitative estimate of drug-likeness (QED) is 0.518. The number of hydrogen-bond acceptors (Lipinski definition) is 4. The molecule has 0 aliphatic carbocycles. The molecule has 4 aromatic rings. The Kier molecular flexibility index (Phi) is 5.04. The maximum Gasteiger partial charge on any atom is 0.336 e. The molecule has 0 saturated heterocycles. The Morgan fingerprint density at radius 3 is 2.54 bits per heavy atom. The van der Waals surface area contributed by atoms with E-state index in [4.69, 9.17) is 4.42 Å². The SMILES string of the molecule is Cc1ccc2c(CNC(c3ccccc3)c3ccccn3)cc(=O)oc2c1C. The molecule has 0 aliphatic heterocycles. The third-order valence-electron chi connectivity index (χ3n) is 5.13. The van der Waals surface area contributed by atoms with E-state index in [0.717, 1.165) is 33.3 Å². The highest BCUT2D eigenvalue weighted by Gasteiger charge is 2.16. The van der Waals surface area contributed by atoms with Crippen molar-refractivity contribution in [2.24, 2.45) is 0 Å².